The summed E-state index contributed by atoms with van der Waals surface area (Å²) >= 11 is 0. The highest BCUT2D eigenvalue weighted by Crippen LogP contribution is 2.17. The summed E-state index contributed by atoms with van der Waals surface area (Å²) in [5, 5.41) is 0. The van der Waals surface area contributed by atoms with Gasteiger partial charge in [-0.1, -0.05) is 13.8 Å². The number of furan rings is 1. The van der Waals surface area contributed by atoms with Gasteiger partial charge in [-0.3, -0.25) is 0 Å². The molecule has 1 rings (SSSR count). The quantitative estimate of drug-likeness (QED) is 0.809. The van der Waals surface area contributed by atoms with E-state index in [1.807, 2.05) is 13.0 Å². The molecular formula is C13H23NO2. The molecule has 1 unspecified atom stereocenters. The minimum Gasteiger partial charge on any atom is -0.465 e. The lowest BCUT2D eigenvalue weighted by molar-refractivity contribution is 0.0391. The van der Waals surface area contributed by atoms with Gasteiger partial charge in [-0.25, -0.2) is 0 Å². The molecule has 1 heterocycles. The van der Waals surface area contributed by atoms with Crippen molar-refractivity contribution in [3.8, 4) is 0 Å². The van der Waals surface area contributed by atoms with Gasteiger partial charge >= 0.3 is 0 Å². The normalized spacial score (nSPS) is 13.4. The lowest BCUT2D eigenvalue weighted by Gasteiger charge is -2.14. The van der Waals surface area contributed by atoms with Crippen LogP contribution in [0.25, 0.3) is 0 Å². The molecular weight excluding hydrogens is 202 g/mol. The minimum atomic E-state index is 0.288. The van der Waals surface area contributed by atoms with Crippen molar-refractivity contribution in [1.82, 2.24) is 0 Å². The van der Waals surface area contributed by atoms with Crippen molar-refractivity contribution in [2.45, 2.75) is 53.4 Å². The Bertz CT molecular complexity index is 318. The molecule has 0 saturated carbocycles. The topological polar surface area (TPSA) is 48.4 Å². The van der Waals surface area contributed by atoms with Crippen LogP contribution >= 0.6 is 0 Å². The van der Waals surface area contributed by atoms with Gasteiger partial charge < -0.3 is 14.9 Å². The van der Waals surface area contributed by atoms with E-state index >= 15 is 0 Å². The van der Waals surface area contributed by atoms with Crippen LogP contribution in [-0.2, 0) is 17.9 Å². The van der Waals surface area contributed by atoms with Crippen molar-refractivity contribution in [2.24, 2.45) is 11.7 Å². The number of nitrogens with two attached hydrogens (primary N) is 1. The van der Waals surface area contributed by atoms with Gasteiger partial charge in [0.05, 0.1) is 19.3 Å². The lowest BCUT2D eigenvalue weighted by atomic mass is 10.1. The number of rotatable bonds is 6. The van der Waals surface area contributed by atoms with Crippen LogP contribution in [0.2, 0.25) is 0 Å². The Kier molecular flexibility index (Phi) is 5.03. The van der Waals surface area contributed by atoms with Crippen LogP contribution in [0.15, 0.2) is 10.5 Å². The summed E-state index contributed by atoms with van der Waals surface area (Å²) < 4.78 is 11.2. The largest absolute Gasteiger partial charge is 0.465 e. The standard InChI is InChI=1S/C13H23NO2/c1-9(2)5-10(3)15-8-12-6-13(7-14)16-11(12)4/h6,9-10H,5,7-8,14H2,1-4H3. The van der Waals surface area contributed by atoms with Crippen molar-refractivity contribution >= 4 is 0 Å². The average Bonchev–Trinajstić information content (AvgIpc) is 2.55. The summed E-state index contributed by atoms with van der Waals surface area (Å²) in [6.45, 7) is 9.53. The first-order valence-electron chi connectivity index (χ1n) is 5.92. The molecule has 0 aliphatic rings. The molecule has 0 aliphatic carbocycles. The third-order valence-corrected chi connectivity index (χ3v) is 2.60. The van der Waals surface area contributed by atoms with Crippen molar-refractivity contribution < 1.29 is 9.15 Å². The maximum atomic E-state index is 5.78. The Balaban J connectivity index is 2.44. The smallest absolute Gasteiger partial charge is 0.118 e. The first-order valence-corrected chi connectivity index (χ1v) is 5.92. The van der Waals surface area contributed by atoms with E-state index < -0.39 is 0 Å². The van der Waals surface area contributed by atoms with Gasteiger partial charge in [0.1, 0.15) is 11.5 Å². The molecule has 0 bridgehead atoms. The zero-order valence-corrected chi connectivity index (χ0v) is 10.7. The van der Waals surface area contributed by atoms with Crippen molar-refractivity contribution in [3.63, 3.8) is 0 Å². The van der Waals surface area contributed by atoms with E-state index in [1.165, 1.54) is 0 Å². The van der Waals surface area contributed by atoms with E-state index in [0.29, 0.717) is 19.1 Å². The van der Waals surface area contributed by atoms with Crippen LogP contribution in [0.5, 0.6) is 0 Å². The Hall–Kier alpha value is -0.800. The Labute approximate surface area is 98.0 Å². The molecule has 3 heteroatoms. The van der Waals surface area contributed by atoms with Crippen LogP contribution in [-0.4, -0.2) is 6.10 Å². The van der Waals surface area contributed by atoms with Gasteiger partial charge in [-0.15, -0.1) is 0 Å². The molecule has 0 radical (unpaired) electrons. The third-order valence-electron chi connectivity index (χ3n) is 2.60. The first kappa shape index (κ1) is 13.3. The molecule has 0 fully saturated rings. The van der Waals surface area contributed by atoms with E-state index in [2.05, 4.69) is 20.8 Å². The maximum Gasteiger partial charge on any atom is 0.118 e. The molecule has 1 atom stereocenters. The van der Waals surface area contributed by atoms with Crippen LogP contribution in [0.4, 0.5) is 0 Å². The van der Waals surface area contributed by atoms with Gasteiger partial charge in [-0.2, -0.15) is 0 Å². The van der Waals surface area contributed by atoms with Crippen LogP contribution in [0.1, 0.15) is 44.3 Å². The Morgan fingerprint density at radius 3 is 2.56 bits per heavy atom. The zero-order chi connectivity index (χ0) is 12.1. The second kappa shape index (κ2) is 6.06. The average molecular weight is 225 g/mol. The fourth-order valence-corrected chi connectivity index (χ4v) is 1.80. The van der Waals surface area contributed by atoms with E-state index in [4.69, 9.17) is 14.9 Å². The van der Waals surface area contributed by atoms with Crippen molar-refractivity contribution in [3.05, 3.63) is 23.2 Å². The molecule has 1 aromatic heterocycles. The molecule has 0 aromatic carbocycles. The minimum absolute atomic E-state index is 0.288. The van der Waals surface area contributed by atoms with E-state index in [0.717, 1.165) is 23.5 Å². The predicted molar refractivity (Wildman–Crippen MR) is 65.0 cm³/mol. The zero-order valence-electron chi connectivity index (χ0n) is 10.7. The van der Waals surface area contributed by atoms with Gasteiger partial charge in [0.2, 0.25) is 0 Å². The number of hydrogen-bond acceptors (Lipinski definition) is 3. The summed E-state index contributed by atoms with van der Waals surface area (Å²) in [5.74, 6) is 2.41. The highest BCUT2D eigenvalue weighted by Gasteiger charge is 2.09. The SMILES string of the molecule is Cc1oc(CN)cc1COC(C)CC(C)C. The van der Waals surface area contributed by atoms with Crippen molar-refractivity contribution in [2.75, 3.05) is 0 Å². The molecule has 0 saturated heterocycles. The van der Waals surface area contributed by atoms with E-state index in [-0.39, 0.29) is 6.10 Å². The molecule has 1 aromatic rings. The molecule has 0 amide bonds. The fourth-order valence-electron chi connectivity index (χ4n) is 1.80. The van der Waals surface area contributed by atoms with Crippen molar-refractivity contribution in [1.29, 1.82) is 0 Å². The molecule has 3 nitrogen and oxygen atoms in total. The highest BCUT2D eigenvalue weighted by atomic mass is 16.5. The summed E-state index contributed by atoms with van der Waals surface area (Å²) in [4.78, 5) is 0. The predicted octanol–water partition coefficient (Wildman–Crippen LogP) is 3.00. The Morgan fingerprint density at radius 2 is 2.06 bits per heavy atom. The highest BCUT2D eigenvalue weighted by molar-refractivity contribution is 5.19. The summed E-state index contributed by atoms with van der Waals surface area (Å²) in [5.41, 5.74) is 6.63. The first-order chi connectivity index (χ1) is 7.52. The Morgan fingerprint density at radius 1 is 1.38 bits per heavy atom. The molecule has 16 heavy (non-hydrogen) atoms. The molecule has 0 aliphatic heterocycles. The number of ether oxygens (including phenoxy) is 1. The monoisotopic (exact) mass is 225 g/mol. The molecule has 92 valence electrons. The molecule has 2 N–H and O–H groups in total. The van der Waals surface area contributed by atoms with Gasteiger partial charge in [0.15, 0.2) is 0 Å². The number of hydrogen-bond donors (Lipinski definition) is 1. The van der Waals surface area contributed by atoms with E-state index in [1.54, 1.807) is 0 Å². The van der Waals surface area contributed by atoms with Crippen LogP contribution < -0.4 is 5.73 Å². The summed E-state index contributed by atoms with van der Waals surface area (Å²) in [6, 6.07) is 1.98. The van der Waals surface area contributed by atoms with E-state index in [9.17, 15) is 0 Å². The van der Waals surface area contributed by atoms with Crippen LogP contribution in [0.3, 0.4) is 0 Å². The fraction of sp³-hybridized carbons (Fsp3) is 0.692. The second-order valence-electron chi connectivity index (χ2n) is 4.75. The van der Waals surface area contributed by atoms with Gasteiger partial charge in [-0.05, 0) is 32.3 Å². The number of aryl methyl sites for hydroxylation is 1. The molecule has 0 spiro atoms. The summed E-state index contributed by atoms with van der Waals surface area (Å²) in [7, 11) is 0. The van der Waals surface area contributed by atoms with Gasteiger partial charge in [0.25, 0.3) is 0 Å². The summed E-state index contributed by atoms with van der Waals surface area (Å²) in [6.07, 6.45) is 1.37. The maximum absolute atomic E-state index is 5.78. The van der Waals surface area contributed by atoms with Gasteiger partial charge in [0, 0.05) is 5.56 Å². The lowest BCUT2D eigenvalue weighted by Crippen LogP contribution is -2.11. The van der Waals surface area contributed by atoms with Crippen LogP contribution in [0, 0.1) is 12.8 Å². The third kappa shape index (κ3) is 3.99. The second-order valence-corrected chi connectivity index (χ2v) is 4.75.